The van der Waals surface area contributed by atoms with Crippen molar-refractivity contribution in [1.82, 2.24) is 15.1 Å². The Labute approximate surface area is 113 Å². The fraction of sp³-hybridized carbons (Fsp3) is 0.714. The molecule has 3 N–H and O–H groups in total. The van der Waals surface area contributed by atoms with Gasteiger partial charge < -0.3 is 10.6 Å². The zero-order chi connectivity index (χ0) is 13.4. The summed E-state index contributed by atoms with van der Waals surface area (Å²) in [6, 6.07) is 0.409. The molecule has 1 aromatic rings. The van der Waals surface area contributed by atoms with Gasteiger partial charge in [0.1, 0.15) is 0 Å². The number of hydrogen-bond donors (Lipinski definition) is 2. The summed E-state index contributed by atoms with van der Waals surface area (Å²) in [5, 5.41) is 6.88. The molecule has 1 atom stereocenters. The van der Waals surface area contributed by atoms with Crippen molar-refractivity contribution in [3.05, 3.63) is 11.4 Å². The molecule has 0 aromatic carbocycles. The Bertz CT molecular complexity index is 476. The number of nitrogens with one attached hydrogen (secondary N) is 1. The van der Waals surface area contributed by atoms with Gasteiger partial charge in [-0.25, -0.2) is 0 Å². The first-order valence-electron chi connectivity index (χ1n) is 7.30. The van der Waals surface area contributed by atoms with Crippen molar-refractivity contribution in [3.8, 4) is 0 Å². The summed E-state index contributed by atoms with van der Waals surface area (Å²) >= 11 is 0. The predicted molar refractivity (Wildman–Crippen MR) is 73.8 cm³/mol. The summed E-state index contributed by atoms with van der Waals surface area (Å²) < 4.78 is 0. The third-order valence-electron chi connectivity index (χ3n) is 4.70. The van der Waals surface area contributed by atoms with Crippen LogP contribution in [-0.2, 0) is 0 Å². The Morgan fingerprint density at radius 2 is 2.05 bits per heavy atom. The molecule has 1 aromatic heterocycles. The third-order valence-corrected chi connectivity index (χ3v) is 4.70. The zero-order valence-electron chi connectivity index (χ0n) is 11.5. The Morgan fingerprint density at radius 1 is 1.32 bits per heavy atom. The topological polar surface area (TPSA) is 75.0 Å². The van der Waals surface area contributed by atoms with Crippen LogP contribution in [0.4, 0.5) is 5.69 Å². The smallest absolute Gasteiger partial charge is 0.276 e. The van der Waals surface area contributed by atoms with Crippen LogP contribution in [0.3, 0.4) is 0 Å². The van der Waals surface area contributed by atoms with E-state index in [0.717, 1.165) is 25.1 Å². The molecule has 0 spiro atoms. The molecule has 1 saturated heterocycles. The standard InChI is InChI=1S/C14H22N4O/c1-9-12(15)13(17-16-9)14(19)18-8-4-7-11(18)10-5-2-3-6-10/h10-11H,2-8,15H2,1H3,(H,16,17). The van der Waals surface area contributed by atoms with Crippen molar-refractivity contribution in [3.63, 3.8) is 0 Å². The molecule has 3 rings (SSSR count). The molecule has 19 heavy (non-hydrogen) atoms. The SMILES string of the molecule is Cc1[nH]nc(C(=O)N2CCCC2C2CCCC2)c1N. The van der Waals surface area contributed by atoms with Crippen molar-refractivity contribution >= 4 is 11.6 Å². The molecule has 0 bridgehead atoms. The highest BCUT2D eigenvalue weighted by atomic mass is 16.2. The number of rotatable bonds is 2. The molecule has 1 saturated carbocycles. The molecular weight excluding hydrogens is 240 g/mol. The second-order valence-corrected chi connectivity index (χ2v) is 5.86. The fourth-order valence-electron chi connectivity index (χ4n) is 3.61. The second kappa shape index (κ2) is 4.87. The van der Waals surface area contributed by atoms with Gasteiger partial charge in [0.2, 0.25) is 0 Å². The number of H-pyrrole nitrogens is 1. The molecule has 0 radical (unpaired) electrons. The van der Waals surface area contributed by atoms with Crippen molar-refractivity contribution < 1.29 is 4.79 Å². The third kappa shape index (κ3) is 2.11. The minimum atomic E-state index is 0.0104. The van der Waals surface area contributed by atoms with E-state index in [4.69, 9.17) is 5.73 Å². The molecule has 1 aliphatic heterocycles. The Morgan fingerprint density at radius 3 is 2.68 bits per heavy atom. The lowest BCUT2D eigenvalue weighted by molar-refractivity contribution is 0.0684. The fourth-order valence-corrected chi connectivity index (χ4v) is 3.61. The van der Waals surface area contributed by atoms with Gasteiger partial charge >= 0.3 is 0 Å². The van der Waals surface area contributed by atoms with E-state index in [0.29, 0.717) is 23.3 Å². The van der Waals surface area contributed by atoms with E-state index >= 15 is 0 Å². The quantitative estimate of drug-likeness (QED) is 0.857. The number of anilines is 1. The molecule has 2 fully saturated rings. The summed E-state index contributed by atoms with van der Waals surface area (Å²) in [7, 11) is 0. The number of nitrogens with zero attached hydrogens (tertiary/aromatic N) is 2. The first-order valence-corrected chi connectivity index (χ1v) is 7.30. The highest BCUT2D eigenvalue weighted by Crippen LogP contribution is 2.36. The number of amides is 1. The van der Waals surface area contributed by atoms with Crippen LogP contribution in [-0.4, -0.2) is 33.6 Å². The van der Waals surface area contributed by atoms with Crippen LogP contribution >= 0.6 is 0 Å². The van der Waals surface area contributed by atoms with Gasteiger partial charge in [-0.3, -0.25) is 9.89 Å². The largest absolute Gasteiger partial charge is 0.395 e. The minimum absolute atomic E-state index is 0.0104. The highest BCUT2D eigenvalue weighted by Gasteiger charge is 2.37. The van der Waals surface area contributed by atoms with E-state index in [1.807, 2.05) is 11.8 Å². The monoisotopic (exact) mass is 262 g/mol. The van der Waals surface area contributed by atoms with E-state index in [1.54, 1.807) is 0 Å². The Kier molecular flexibility index (Phi) is 3.21. The molecule has 1 amide bonds. The van der Waals surface area contributed by atoms with Crippen LogP contribution in [0.25, 0.3) is 0 Å². The number of likely N-dealkylation sites (tertiary alicyclic amines) is 1. The van der Waals surface area contributed by atoms with Gasteiger partial charge in [-0.05, 0) is 38.5 Å². The van der Waals surface area contributed by atoms with E-state index in [9.17, 15) is 4.79 Å². The molecule has 1 aliphatic carbocycles. The van der Waals surface area contributed by atoms with Crippen molar-refractivity contribution in [2.45, 2.75) is 51.5 Å². The Hall–Kier alpha value is -1.52. The van der Waals surface area contributed by atoms with Gasteiger partial charge in [-0.2, -0.15) is 5.10 Å². The average Bonchev–Trinajstić information content (AvgIpc) is 3.11. The van der Waals surface area contributed by atoms with Crippen LogP contribution in [0.15, 0.2) is 0 Å². The average molecular weight is 262 g/mol. The number of carbonyl (C=O) groups excluding carboxylic acids is 1. The lowest BCUT2D eigenvalue weighted by Gasteiger charge is -2.29. The van der Waals surface area contributed by atoms with E-state index in [-0.39, 0.29) is 5.91 Å². The molecule has 5 heteroatoms. The normalized spacial score (nSPS) is 24.3. The van der Waals surface area contributed by atoms with Crippen LogP contribution in [0, 0.1) is 12.8 Å². The minimum Gasteiger partial charge on any atom is -0.395 e. The number of carbonyl (C=O) groups is 1. The summed E-state index contributed by atoms with van der Waals surface area (Å²) in [5.74, 6) is 0.698. The first-order chi connectivity index (χ1) is 9.18. The molecule has 2 heterocycles. The highest BCUT2D eigenvalue weighted by molar-refractivity contribution is 5.97. The van der Waals surface area contributed by atoms with Gasteiger partial charge in [-0.1, -0.05) is 12.8 Å². The summed E-state index contributed by atoms with van der Waals surface area (Å²) in [6.45, 7) is 2.70. The number of nitrogen functional groups attached to an aromatic ring is 1. The lowest BCUT2D eigenvalue weighted by atomic mass is 9.96. The maximum absolute atomic E-state index is 12.6. The Balaban J connectivity index is 1.80. The molecule has 104 valence electrons. The zero-order valence-corrected chi connectivity index (χ0v) is 11.5. The van der Waals surface area contributed by atoms with Crippen LogP contribution < -0.4 is 5.73 Å². The van der Waals surface area contributed by atoms with Crippen LogP contribution in [0.2, 0.25) is 0 Å². The van der Waals surface area contributed by atoms with Crippen molar-refractivity contribution in [2.24, 2.45) is 5.92 Å². The number of aromatic amines is 1. The van der Waals surface area contributed by atoms with Gasteiger partial charge in [0, 0.05) is 12.6 Å². The van der Waals surface area contributed by atoms with Crippen molar-refractivity contribution in [2.75, 3.05) is 12.3 Å². The molecule has 1 unspecified atom stereocenters. The lowest BCUT2D eigenvalue weighted by Crippen LogP contribution is -2.39. The molecule has 2 aliphatic rings. The summed E-state index contributed by atoms with van der Waals surface area (Å²) in [6.07, 6.45) is 7.41. The van der Waals surface area contributed by atoms with E-state index in [2.05, 4.69) is 10.2 Å². The number of nitrogens with two attached hydrogens (primary N) is 1. The summed E-state index contributed by atoms with van der Waals surface area (Å²) in [4.78, 5) is 14.6. The summed E-state index contributed by atoms with van der Waals surface area (Å²) in [5.41, 5.74) is 7.61. The predicted octanol–water partition coefficient (Wildman–Crippen LogP) is 2.10. The van der Waals surface area contributed by atoms with E-state index < -0.39 is 0 Å². The maximum atomic E-state index is 12.6. The van der Waals surface area contributed by atoms with Gasteiger partial charge in [0.25, 0.3) is 5.91 Å². The van der Waals surface area contributed by atoms with Gasteiger partial charge in [0.05, 0.1) is 11.4 Å². The maximum Gasteiger partial charge on any atom is 0.276 e. The van der Waals surface area contributed by atoms with E-state index in [1.165, 1.54) is 25.7 Å². The molecular formula is C14H22N4O. The number of hydrogen-bond acceptors (Lipinski definition) is 3. The van der Waals surface area contributed by atoms with Crippen LogP contribution in [0.5, 0.6) is 0 Å². The number of aromatic nitrogens is 2. The van der Waals surface area contributed by atoms with Crippen LogP contribution in [0.1, 0.15) is 54.7 Å². The van der Waals surface area contributed by atoms with Gasteiger partial charge in [-0.15, -0.1) is 0 Å². The second-order valence-electron chi connectivity index (χ2n) is 5.86. The first kappa shape index (κ1) is 12.5. The van der Waals surface area contributed by atoms with Gasteiger partial charge in [0.15, 0.2) is 5.69 Å². The molecule has 5 nitrogen and oxygen atoms in total. The van der Waals surface area contributed by atoms with Crippen molar-refractivity contribution in [1.29, 1.82) is 0 Å². The number of aryl methyl sites for hydroxylation is 1.